The molecular weight excluding hydrogens is 356 g/mol. The monoisotopic (exact) mass is 374 g/mol. The van der Waals surface area contributed by atoms with Gasteiger partial charge < -0.3 is 14.2 Å². The molecule has 0 fully saturated rings. The number of aliphatic imine (C=N–C) groups is 1. The van der Waals surface area contributed by atoms with Gasteiger partial charge in [0.05, 0.1) is 26.9 Å². The predicted octanol–water partition coefficient (Wildman–Crippen LogP) is 2.74. The Morgan fingerprint density at radius 2 is 1.92 bits per heavy atom. The summed E-state index contributed by atoms with van der Waals surface area (Å²) in [6.07, 6.45) is 2.26. The van der Waals surface area contributed by atoms with Crippen LogP contribution in [0.2, 0.25) is 0 Å². The number of amidine groups is 2. The largest absolute Gasteiger partial charge is 0.493 e. The number of benzene rings is 1. The lowest BCUT2D eigenvalue weighted by molar-refractivity contribution is -0.114. The van der Waals surface area contributed by atoms with Crippen LogP contribution in [0, 0.1) is 5.41 Å². The Balaban J connectivity index is 2.07. The number of nitrogens with zero attached hydrogens (tertiary/aromatic N) is 3. The van der Waals surface area contributed by atoms with Crippen molar-refractivity contribution in [1.82, 2.24) is 5.01 Å². The summed E-state index contributed by atoms with van der Waals surface area (Å²) >= 11 is 1.30. The fourth-order valence-electron chi connectivity index (χ4n) is 2.57. The summed E-state index contributed by atoms with van der Waals surface area (Å²) in [4.78, 5) is 16.5. The lowest BCUT2D eigenvalue weighted by Crippen LogP contribution is -2.35. The van der Waals surface area contributed by atoms with Gasteiger partial charge in [-0.1, -0.05) is 6.92 Å². The van der Waals surface area contributed by atoms with Gasteiger partial charge in [0, 0.05) is 5.56 Å². The van der Waals surface area contributed by atoms with Gasteiger partial charge in [0.2, 0.25) is 10.9 Å². The Hall–Kier alpha value is -2.81. The minimum absolute atomic E-state index is 0.0206. The summed E-state index contributed by atoms with van der Waals surface area (Å²) in [6, 6.07) is 3.44. The molecule has 0 aliphatic carbocycles. The summed E-state index contributed by atoms with van der Waals surface area (Å²) in [6.45, 7) is 1.96. The molecule has 1 aromatic rings. The fourth-order valence-corrected chi connectivity index (χ4v) is 3.39. The number of methoxy groups -OCH3 is 3. The first-order valence-electron chi connectivity index (χ1n) is 7.82. The summed E-state index contributed by atoms with van der Waals surface area (Å²) in [5, 5.41) is 15.3. The number of hydrogen-bond donors (Lipinski definition) is 1. The number of ether oxygens (including phenoxy) is 3. The zero-order valence-corrected chi connectivity index (χ0v) is 15.6. The van der Waals surface area contributed by atoms with Crippen molar-refractivity contribution < 1.29 is 19.0 Å². The van der Waals surface area contributed by atoms with Gasteiger partial charge in [0.1, 0.15) is 5.04 Å². The first-order chi connectivity index (χ1) is 12.5. The van der Waals surface area contributed by atoms with Crippen LogP contribution in [0.3, 0.4) is 0 Å². The number of carbonyl (C=O) groups is 1. The van der Waals surface area contributed by atoms with E-state index in [1.54, 1.807) is 18.2 Å². The summed E-state index contributed by atoms with van der Waals surface area (Å²) in [7, 11) is 4.53. The Kier molecular flexibility index (Phi) is 4.99. The molecule has 2 heterocycles. The highest BCUT2D eigenvalue weighted by Crippen LogP contribution is 2.41. The molecule has 136 valence electrons. The molecule has 0 atom stereocenters. The maximum absolute atomic E-state index is 12.4. The van der Waals surface area contributed by atoms with Crippen LogP contribution in [0.25, 0.3) is 6.08 Å². The van der Waals surface area contributed by atoms with E-state index in [0.717, 1.165) is 5.04 Å². The molecule has 0 spiro atoms. The molecule has 3 rings (SSSR count). The highest BCUT2D eigenvalue weighted by molar-refractivity contribution is 8.26. The summed E-state index contributed by atoms with van der Waals surface area (Å²) < 4.78 is 16.1. The Labute approximate surface area is 155 Å². The maximum atomic E-state index is 12.4. The van der Waals surface area contributed by atoms with Crippen molar-refractivity contribution in [1.29, 1.82) is 5.41 Å². The van der Waals surface area contributed by atoms with Crippen LogP contribution >= 0.6 is 11.8 Å². The van der Waals surface area contributed by atoms with Crippen LogP contribution in [-0.4, -0.2) is 48.3 Å². The van der Waals surface area contributed by atoms with Gasteiger partial charge in [-0.3, -0.25) is 10.2 Å². The third kappa shape index (κ3) is 2.94. The second kappa shape index (κ2) is 7.20. The van der Waals surface area contributed by atoms with Crippen molar-refractivity contribution in [2.24, 2.45) is 10.1 Å². The normalized spacial score (nSPS) is 17.8. The maximum Gasteiger partial charge on any atom is 0.283 e. The zero-order valence-electron chi connectivity index (χ0n) is 14.8. The zero-order chi connectivity index (χ0) is 18.8. The van der Waals surface area contributed by atoms with Gasteiger partial charge in [-0.15, -0.1) is 0 Å². The standard InChI is InChI=1S/C17H18N4O4S/c1-5-12-20-21-15(18)10(16(22)19-17(21)26-12)8-9-6-7-11(23-2)14(25-4)13(9)24-3/h6-8,18H,5H2,1-4H3/b10-8+,18-15?. The summed E-state index contributed by atoms with van der Waals surface area (Å²) in [5.41, 5.74) is 0.699. The van der Waals surface area contributed by atoms with Crippen molar-refractivity contribution in [3.05, 3.63) is 23.3 Å². The number of nitrogens with one attached hydrogen (secondary N) is 1. The van der Waals surface area contributed by atoms with Crippen molar-refractivity contribution in [3.8, 4) is 17.2 Å². The lowest BCUT2D eigenvalue weighted by atomic mass is 10.1. The molecule has 0 saturated carbocycles. The first-order valence-corrected chi connectivity index (χ1v) is 8.63. The Bertz CT molecular complexity index is 876. The Morgan fingerprint density at radius 1 is 1.19 bits per heavy atom. The van der Waals surface area contributed by atoms with Gasteiger partial charge in [-0.05, 0) is 36.4 Å². The van der Waals surface area contributed by atoms with E-state index in [1.807, 2.05) is 6.92 Å². The van der Waals surface area contributed by atoms with Gasteiger partial charge >= 0.3 is 0 Å². The van der Waals surface area contributed by atoms with E-state index >= 15 is 0 Å². The first kappa shape index (κ1) is 18.0. The topological polar surface area (TPSA) is 96.6 Å². The van der Waals surface area contributed by atoms with Gasteiger partial charge in [-0.25, -0.2) is 0 Å². The van der Waals surface area contributed by atoms with Crippen molar-refractivity contribution >= 4 is 39.8 Å². The molecule has 1 aromatic carbocycles. The Morgan fingerprint density at radius 3 is 2.54 bits per heavy atom. The van der Waals surface area contributed by atoms with Crippen LogP contribution in [0.5, 0.6) is 17.2 Å². The third-order valence-corrected chi connectivity index (χ3v) is 4.89. The van der Waals surface area contributed by atoms with E-state index < -0.39 is 5.91 Å². The molecule has 9 heteroatoms. The third-order valence-electron chi connectivity index (χ3n) is 3.83. The molecule has 1 amide bonds. The van der Waals surface area contributed by atoms with E-state index in [2.05, 4.69) is 10.1 Å². The molecule has 0 bridgehead atoms. The molecular formula is C17H18N4O4S. The molecule has 2 aliphatic heterocycles. The smallest absolute Gasteiger partial charge is 0.283 e. The average molecular weight is 374 g/mol. The molecule has 0 unspecified atom stereocenters. The van der Waals surface area contributed by atoms with E-state index in [9.17, 15) is 4.79 Å². The minimum atomic E-state index is -0.488. The van der Waals surface area contributed by atoms with Crippen molar-refractivity contribution in [2.75, 3.05) is 21.3 Å². The number of hydrogen-bond acceptors (Lipinski definition) is 7. The molecule has 2 aliphatic rings. The fraction of sp³-hybridized carbons (Fsp3) is 0.294. The molecule has 0 radical (unpaired) electrons. The number of fused-ring (bicyclic) bond motifs is 1. The van der Waals surface area contributed by atoms with Gasteiger partial charge in [0.15, 0.2) is 17.3 Å². The van der Waals surface area contributed by atoms with E-state index in [1.165, 1.54) is 38.1 Å². The van der Waals surface area contributed by atoms with Crippen LogP contribution in [0.4, 0.5) is 0 Å². The second-order valence-electron chi connectivity index (χ2n) is 5.29. The number of amides is 1. The number of carbonyl (C=O) groups excluding carboxylic acids is 1. The van der Waals surface area contributed by atoms with E-state index in [-0.39, 0.29) is 11.4 Å². The molecule has 0 saturated heterocycles. The number of rotatable bonds is 5. The second-order valence-corrected chi connectivity index (χ2v) is 6.33. The van der Waals surface area contributed by atoms with E-state index in [0.29, 0.717) is 34.4 Å². The highest BCUT2D eigenvalue weighted by Gasteiger charge is 2.35. The lowest BCUT2D eigenvalue weighted by Gasteiger charge is -2.21. The van der Waals surface area contributed by atoms with Crippen molar-refractivity contribution in [2.45, 2.75) is 13.3 Å². The van der Waals surface area contributed by atoms with Crippen LogP contribution in [-0.2, 0) is 4.79 Å². The predicted molar refractivity (Wildman–Crippen MR) is 101 cm³/mol. The number of hydrazone groups is 1. The van der Waals surface area contributed by atoms with E-state index in [4.69, 9.17) is 19.6 Å². The highest BCUT2D eigenvalue weighted by atomic mass is 32.2. The molecule has 8 nitrogen and oxygen atoms in total. The van der Waals surface area contributed by atoms with Crippen LogP contribution in [0.15, 0.2) is 27.8 Å². The van der Waals surface area contributed by atoms with Gasteiger partial charge in [0.25, 0.3) is 5.91 Å². The average Bonchev–Trinajstić information content (AvgIpc) is 3.07. The molecule has 1 N–H and O–H groups in total. The van der Waals surface area contributed by atoms with Gasteiger partial charge in [-0.2, -0.15) is 15.1 Å². The minimum Gasteiger partial charge on any atom is -0.493 e. The quantitative estimate of drug-likeness (QED) is 0.796. The number of thioether (sulfide) groups is 1. The SMILES string of the molecule is CCC1=NN2C(=N)/C(=C\c3ccc(OC)c(OC)c3OC)C(=O)N=C2S1. The molecule has 0 aromatic heterocycles. The van der Waals surface area contributed by atoms with Crippen molar-refractivity contribution in [3.63, 3.8) is 0 Å². The summed E-state index contributed by atoms with van der Waals surface area (Å²) in [5.74, 6) is 0.811. The van der Waals surface area contributed by atoms with Crippen LogP contribution < -0.4 is 14.2 Å². The molecule has 26 heavy (non-hydrogen) atoms. The van der Waals surface area contributed by atoms with Crippen LogP contribution in [0.1, 0.15) is 18.9 Å².